The zero-order valence-electron chi connectivity index (χ0n) is 13.9. The van der Waals surface area contributed by atoms with Crippen LogP contribution in [0.25, 0.3) is 10.2 Å². The van der Waals surface area contributed by atoms with Crippen molar-refractivity contribution in [3.63, 3.8) is 0 Å². The highest BCUT2D eigenvalue weighted by Gasteiger charge is 2.26. The highest BCUT2D eigenvalue weighted by atomic mass is 32.1. The third kappa shape index (κ3) is 4.24. The van der Waals surface area contributed by atoms with Gasteiger partial charge in [0, 0.05) is 0 Å². The van der Waals surface area contributed by atoms with E-state index in [1.54, 1.807) is 12.1 Å². The molecule has 0 saturated heterocycles. The minimum Gasteiger partial charge on any atom is -0.457 e. The first-order chi connectivity index (χ1) is 12.0. The number of aromatic nitrogens is 1. The Morgan fingerprint density at radius 2 is 2.00 bits per heavy atom. The molecule has 1 amide bonds. The zero-order valence-corrected chi connectivity index (χ0v) is 15.5. The molecule has 2 aromatic heterocycles. The lowest BCUT2D eigenvalue weighted by Gasteiger charge is -2.20. The van der Waals surface area contributed by atoms with Crippen molar-refractivity contribution in [3.05, 3.63) is 51.7 Å². The molecule has 1 N–H and O–H groups in total. The number of rotatable bonds is 6. The maximum Gasteiger partial charge on any atom is 0.329 e. The lowest BCUT2D eigenvalue weighted by atomic mass is 10.0. The Kier molecular flexibility index (Phi) is 5.45. The van der Waals surface area contributed by atoms with Crippen LogP contribution in [-0.2, 0) is 16.1 Å². The summed E-state index contributed by atoms with van der Waals surface area (Å²) in [6, 6.07) is 10.6. The van der Waals surface area contributed by atoms with Crippen molar-refractivity contribution in [2.45, 2.75) is 26.5 Å². The summed E-state index contributed by atoms with van der Waals surface area (Å²) in [6.45, 7) is 3.85. The smallest absolute Gasteiger partial charge is 0.329 e. The van der Waals surface area contributed by atoms with Gasteiger partial charge in [-0.15, -0.1) is 22.7 Å². The first-order valence-corrected chi connectivity index (χ1v) is 9.59. The molecule has 7 heteroatoms. The first kappa shape index (κ1) is 17.6. The summed E-state index contributed by atoms with van der Waals surface area (Å²) in [6.07, 6.45) is 0. The number of benzene rings is 1. The number of hydrogen-bond acceptors (Lipinski definition) is 6. The molecule has 0 radical (unpaired) electrons. The van der Waals surface area contributed by atoms with Gasteiger partial charge in [0.2, 0.25) is 0 Å². The van der Waals surface area contributed by atoms with Crippen LogP contribution in [0.2, 0.25) is 0 Å². The largest absolute Gasteiger partial charge is 0.457 e. The van der Waals surface area contributed by atoms with Crippen LogP contribution in [0.3, 0.4) is 0 Å². The number of fused-ring (bicyclic) bond motifs is 1. The average Bonchev–Trinajstić information content (AvgIpc) is 3.25. The summed E-state index contributed by atoms with van der Waals surface area (Å²) in [7, 11) is 0. The third-order valence-electron chi connectivity index (χ3n) is 3.63. The van der Waals surface area contributed by atoms with Gasteiger partial charge in [0.15, 0.2) is 0 Å². The Balaban J connectivity index is 1.63. The molecule has 0 aliphatic carbocycles. The minimum atomic E-state index is -0.691. The van der Waals surface area contributed by atoms with Gasteiger partial charge in [-0.05, 0) is 29.5 Å². The van der Waals surface area contributed by atoms with E-state index >= 15 is 0 Å². The standard InChI is InChI=1S/C18H18N2O3S2/c1-11(2)16(20-17(21)14-8-5-9-24-14)18(22)23-10-15-19-12-6-3-4-7-13(12)25-15/h3-9,11,16H,10H2,1-2H3,(H,20,21). The van der Waals surface area contributed by atoms with Crippen LogP contribution in [0.15, 0.2) is 41.8 Å². The molecule has 0 saturated carbocycles. The number of ether oxygens (including phenoxy) is 1. The van der Waals surface area contributed by atoms with E-state index in [1.807, 2.05) is 43.5 Å². The topological polar surface area (TPSA) is 68.3 Å². The van der Waals surface area contributed by atoms with Gasteiger partial charge in [-0.25, -0.2) is 9.78 Å². The van der Waals surface area contributed by atoms with Crippen LogP contribution >= 0.6 is 22.7 Å². The Morgan fingerprint density at radius 1 is 1.20 bits per heavy atom. The van der Waals surface area contributed by atoms with Crippen LogP contribution in [0.5, 0.6) is 0 Å². The van der Waals surface area contributed by atoms with E-state index in [0.717, 1.165) is 15.2 Å². The summed E-state index contributed by atoms with van der Waals surface area (Å²) < 4.78 is 6.45. The van der Waals surface area contributed by atoms with Gasteiger partial charge >= 0.3 is 5.97 Å². The highest BCUT2D eigenvalue weighted by molar-refractivity contribution is 7.18. The molecular weight excluding hydrogens is 356 g/mol. The van der Waals surface area contributed by atoms with Crippen LogP contribution in [0, 0.1) is 5.92 Å². The van der Waals surface area contributed by atoms with Crippen molar-refractivity contribution < 1.29 is 14.3 Å². The van der Waals surface area contributed by atoms with Crippen LogP contribution in [0.4, 0.5) is 0 Å². The maximum atomic E-state index is 12.4. The number of hydrogen-bond donors (Lipinski definition) is 1. The fraction of sp³-hybridized carbons (Fsp3) is 0.278. The Morgan fingerprint density at radius 3 is 2.68 bits per heavy atom. The van der Waals surface area contributed by atoms with Crippen LogP contribution in [0.1, 0.15) is 28.5 Å². The van der Waals surface area contributed by atoms with Crippen molar-refractivity contribution >= 4 is 44.8 Å². The van der Waals surface area contributed by atoms with E-state index in [2.05, 4.69) is 10.3 Å². The normalized spacial score (nSPS) is 12.3. The summed E-state index contributed by atoms with van der Waals surface area (Å²) >= 11 is 2.83. The number of thiophene rings is 1. The molecule has 0 spiro atoms. The van der Waals surface area contributed by atoms with E-state index in [-0.39, 0.29) is 18.4 Å². The van der Waals surface area contributed by atoms with Gasteiger partial charge in [0.25, 0.3) is 5.91 Å². The number of nitrogens with one attached hydrogen (secondary N) is 1. The highest BCUT2D eigenvalue weighted by Crippen LogP contribution is 2.22. The summed E-state index contributed by atoms with van der Waals surface area (Å²) in [4.78, 5) is 29.6. The summed E-state index contributed by atoms with van der Waals surface area (Å²) in [5.41, 5.74) is 0.893. The first-order valence-electron chi connectivity index (χ1n) is 7.90. The van der Waals surface area contributed by atoms with Crippen molar-refractivity contribution in [1.29, 1.82) is 0 Å². The predicted molar refractivity (Wildman–Crippen MR) is 99.8 cm³/mol. The second kappa shape index (κ2) is 7.76. The number of esters is 1. The molecule has 3 rings (SSSR count). The van der Waals surface area contributed by atoms with Crippen LogP contribution < -0.4 is 5.32 Å². The van der Waals surface area contributed by atoms with Crippen molar-refractivity contribution in [1.82, 2.24) is 10.3 Å². The predicted octanol–water partition coefficient (Wildman–Crippen LogP) is 3.86. The van der Waals surface area contributed by atoms with Gasteiger partial charge in [-0.2, -0.15) is 0 Å². The molecule has 0 aliphatic heterocycles. The Hall–Kier alpha value is -2.25. The maximum absolute atomic E-state index is 12.4. The Labute approximate surface area is 153 Å². The fourth-order valence-electron chi connectivity index (χ4n) is 2.32. The molecule has 3 aromatic rings. The molecule has 25 heavy (non-hydrogen) atoms. The minimum absolute atomic E-state index is 0.0771. The second-order valence-electron chi connectivity index (χ2n) is 5.86. The van der Waals surface area contributed by atoms with Crippen molar-refractivity contribution in [2.75, 3.05) is 0 Å². The molecule has 2 heterocycles. The van der Waals surface area contributed by atoms with E-state index in [9.17, 15) is 9.59 Å². The van der Waals surface area contributed by atoms with Gasteiger partial charge < -0.3 is 10.1 Å². The Bertz CT molecular complexity index is 838. The van der Waals surface area contributed by atoms with Gasteiger partial charge in [-0.3, -0.25) is 4.79 Å². The molecule has 5 nitrogen and oxygen atoms in total. The third-order valence-corrected chi connectivity index (χ3v) is 5.51. The number of carbonyl (C=O) groups excluding carboxylic acids is 2. The number of para-hydroxylation sites is 1. The molecular formula is C18H18N2O3S2. The molecule has 0 bridgehead atoms. The lowest BCUT2D eigenvalue weighted by Crippen LogP contribution is -2.45. The number of nitrogens with zero attached hydrogens (tertiary/aromatic N) is 1. The monoisotopic (exact) mass is 374 g/mol. The lowest BCUT2D eigenvalue weighted by molar-refractivity contribution is -0.148. The fourth-order valence-corrected chi connectivity index (χ4v) is 3.83. The summed E-state index contributed by atoms with van der Waals surface area (Å²) in [5.74, 6) is -0.781. The van der Waals surface area contributed by atoms with E-state index in [4.69, 9.17) is 4.74 Å². The van der Waals surface area contributed by atoms with Gasteiger partial charge in [-0.1, -0.05) is 32.0 Å². The van der Waals surface area contributed by atoms with E-state index in [1.165, 1.54) is 22.7 Å². The van der Waals surface area contributed by atoms with Gasteiger partial charge in [0.1, 0.15) is 17.7 Å². The number of amides is 1. The van der Waals surface area contributed by atoms with Gasteiger partial charge in [0.05, 0.1) is 15.1 Å². The molecule has 130 valence electrons. The zero-order chi connectivity index (χ0) is 17.8. The molecule has 1 aromatic carbocycles. The van der Waals surface area contributed by atoms with E-state index in [0.29, 0.717) is 4.88 Å². The second-order valence-corrected chi connectivity index (χ2v) is 7.92. The van der Waals surface area contributed by atoms with Crippen molar-refractivity contribution in [2.24, 2.45) is 5.92 Å². The quantitative estimate of drug-likeness (QED) is 0.665. The van der Waals surface area contributed by atoms with Crippen molar-refractivity contribution in [3.8, 4) is 0 Å². The number of carbonyl (C=O) groups is 2. The van der Waals surface area contributed by atoms with Crippen LogP contribution in [-0.4, -0.2) is 22.9 Å². The molecule has 0 aliphatic rings. The number of thiazole rings is 1. The molecule has 1 unspecified atom stereocenters. The van der Waals surface area contributed by atoms with E-state index < -0.39 is 12.0 Å². The average molecular weight is 374 g/mol. The summed E-state index contributed by atoms with van der Waals surface area (Å²) in [5, 5.41) is 5.32. The molecule has 0 fully saturated rings. The molecule has 1 atom stereocenters. The SMILES string of the molecule is CC(C)C(NC(=O)c1cccs1)C(=O)OCc1nc2ccccc2s1.